The number of fused-ring (bicyclic) bond motifs is 1. The second-order valence-electron chi connectivity index (χ2n) is 10.3. The zero-order chi connectivity index (χ0) is 28.9. The highest BCUT2D eigenvalue weighted by atomic mass is 16.5. The second-order valence-corrected chi connectivity index (χ2v) is 10.3. The zero-order valence-electron chi connectivity index (χ0n) is 23.8. The molecule has 212 valence electrons. The van der Waals surface area contributed by atoms with Crippen LogP contribution in [0, 0.1) is 6.92 Å². The summed E-state index contributed by atoms with van der Waals surface area (Å²) in [5.41, 5.74) is 10.4. The molecule has 1 aliphatic heterocycles. The number of hydrogen-bond donors (Lipinski definition) is 3. The maximum absolute atomic E-state index is 13.5. The molecule has 0 radical (unpaired) electrons. The van der Waals surface area contributed by atoms with Gasteiger partial charge in [-0.05, 0) is 51.0 Å². The van der Waals surface area contributed by atoms with Gasteiger partial charge in [0, 0.05) is 62.6 Å². The van der Waals surface area contributed by atoms with E-state index < -0.39 is 0 Å². The molecule has 0 unspecified atom stereocenters. The summed E-state index contributed by atoms with van der Waals surface area (Å²) >= 11 is 0. The molecule has 2 amide bonds. The minimum absolute atomic E-state index is 0.0736. The van der Waals surface area contributed by atoms with Gasteiger partial charge in [-0.25, -0.2) is 4.98 Å². The summed E-state index contributed by atoms with van der Waals surface area (Å²) in [6, 6.07) is 5.39. The number of nitrogens with one attached hydrogen (secondary N) is 2. The lowest BCUT2D eigenvalue weighted by Gasteiger charge is -2.42. The Morgan fingerprint density at radius 2 is 2.05 bits per heavy atom. The summed E-state index contributed by atoms with van der Waals surface area (Å²) in [5.74, 6) is -0.580. The predicted molar refractivity (Wildman–Crippen MR) is 157 cm³/mol. The lowest BCUT2D eigenvalue weighted by atomic mass is 10.0. The van der Waals surface area contributed by atoms with Gasteiger partial charge in [-0.3, -0.25) is 28.9 Å². The van der Waals surface area contributed by atoms with Gasteiger partial charge < -0.3 is 21.1 Å². The monoisotopic (exact) mass is 546 g/mol. The molecule has 0 aromatic carbocycles. The molecule has 0 saturated carbocycles. The van der Waals surface area contributed by atoms with Crippen LogP contribution in [0.15, 0.2) is 41.8 Å². The minimum atomic E-state index is -0.334. The van der Waals surface area contributed by atoms with Crippen LogP contribution < -0.4 is 16.4 Å². The second kappa shape index (κ2) is 12.4. The molecule has 11 heteroatoms. The minimum Gasteiger partial charge on any atom is -0.404 e. The number of morpholine rings is 1. The van der Waals surface area contributed by atoms with Gasteiger partial charge in [0.25, 0.3) is 11.8 Å². The average molecular weight is 547 g/mol. The molecule has 1 aliphatic rings. The number of nitrogens with two attached hydrogens (primary N) is 1. The molecular weight excluding hydrogens is 508 g/mol. The molecule has 40 heavy (non-hydrogen) atoms. The molecule has 3 aromatic rings. The van der Waals surface area contributed by atoms with E-state index in [1.807, 2.05) is 19.1 Å². The number of nitrogens with zero attached hydrogens (tertiary/aromatic N) is 5. The first-order valence-electron chi connectivity index (χ1n) is 13.4. The third-order valence-corrected chi connectivity index (χ3v) is 7.11. The molecular formula is C29H38N8O3. The van der Waals surface area contributed by atoms with E-state index in [0.717, 1.165) is 17.7 Å². The number of amides is 2. The fourth-order valence-electron chi connectivity index (χ4n) is 4.79. The van der Waals surface area contributed by atoms with Gasteiger partial charge in [-0.15, -0.1) is 0 Å². The first-order chi connectivity index (χ1) is 19.2. The summed E-state index contributed by atoms with van der Waals surface area (Å²) < 4.78 is 7.32. The van der Waals surface area contributed by atoms with Crippen LogP contribution in [-0.4, -0.2) is 82.7 Å². The fourth-order valence-corrected chi connectivity index (χ4v) is 4.79. The van der Waals surface area contributed by atoms with E-state index in [2.05, 4.69) is 44.3 Å². The molecule has 3 aromatic heterocycles. The summed E-state index contributed by atoms with van der Waals surface area (Å²) in [6.07, 6.45) is 7.04. The number of hydrogen-bond acceptors (Lipinski definition) is 8. The number of carbonyl (C=O) groups is 2. The van der Waals surface area contributed by atoms with Crippen LogP contribution in [0.1, 0.15) is 58.6 Å². The number of carbonyl (C=O) groups excluding carboxylic acids is 2. The normalized spacial score (nSPS) is 16.0. The molecule has 4 heterocycles. The number of aliphatic imine (C=N–C) groups is 1. The van der Waals surface area contributed by atoms with Crippen LogP contribution in [0.3, 0.4) is 0 Å². The first kappa shape index (κ1) is 28.9. The van der Waals surface area contributed by atoms with Gasteiger partial charge in [-0.1, -0.05) is 6.92 Å². The van der Waals surface area contributed by atoms with E-state index in [0.29, 0.717) is 66.7 Å². The van der Waals surface area contributed by atoms with Crippen molar-refractivity contribution in [3.8, 4) is 0 Å². The van der Waals surface area contributed by atoms with Crippen molar-refractivity contribution in [1.82, 2.24) is 24.6 Å². The standard InChI is InChI=1S/C29H38N8O3/c1-6-23-26(37-9-7-20(14-25(37)34-23)22(15-30)16-31-5)28(39)35-24-13-21(17-33-19(24)2)27(38)32-8-10-36-11-12-40-18-29(36,3)4/h7,9,13-17H,6,8,10-12,18,30H2,1-5H3,(H,32,38)(H,35,39). The third-order valence-electron chi connectivity index (χ3n) is 7.11. The number of imidazole rings is 1. The molecule has 1 saturated heterocycles. The first-order valence-corrected chi connectivity index (χ1v) is 13.4. The molecule has 11 nitrogen and oxygen atoms in total. The Kier molecular flexibility index (Phi) is 8.96. The highest BCUT2D eigenvalue weighted by Gasteiger charge is 2.30. The van der Waals surface area contributed by atoms with Gasteiger partial charge in [0.2, 0.25) is 0 Å². The number of aromatic nitrogens is 3. The fraction of sp³-hybridized carbons (Fsp3) is 0.414. The Morgan fingerprint density at radius 3 is 2.75 bits per heavy atom. The predicted octanol–water partition coefficient (Wildman–Crippen LogP) is 2.69. The lowest BCUT2D eigenvalue weighted by molar-refractivity contribution is -0.0498. The Labute approximate surface area is 234 Å². The summed E-state index contributed by atoms with van der Waals surface area (Å²) in [6.45, 7) is 11.4. The molecule has 4 rings (SSSR count). The van der Waals surface area contributed by atoms with Gasteiger partial charge in [0.05, 0.1) is 35.9 Å². The quantitative estimate of drug-likeness (QED) is 0.351. The number of pyridine rings is 2. The number of anilines is 1. The van der Waals surface area contributed by atoms with Crippen LogP contribution in [0.25, 0.3) is 11.2 Å². The summed E-state index contributed by atoms with van der Waals surface area (Å²) in [4.78, 5) is 41.8. The van der Waals surface area contributed by atoms with Crippen molar-refractivity contribution >= 4 is 34.9 Å². The SMILES string of the molecule is CCc1nc2cc(C(C=NC)=CN)ccn2c1C(=O)Nc1cc(C(=O)NCCN2CCOCC2(C)C)cnc1C. The van der Waals surface area contributed by atoms with Crippen LogP contribution in [0.2, 0.25) is 0 Å². The molecule has 1 fully saturated rings. The van der Waals surface area contributed by atoms with Crippen LogP contribution >= 0.6 is 0 Å². The van der Waals surface area contributed by atoms with E-state index in [4.69, 9.17) is 10.5 Å². The maximum atomic E-state index is 13.5. The smallest absolute Gasteiger partial charge is 0.274 e. The van der Waals surface area contributed by atoms with E-state index in [-0.39, 0.29) is 17.4 Å². The topological polar surface area (TPSA) is 139 Å². The van der Waals surface area contributed by atoms with E-state index >= 15 is 0 Å². The Balaban J connectivity index is 1.50. The zero-order valence-corrected chi connectivity index (χ0v) is 23.8. The van der Waals surface area contributed by atoms with E-state index in [1.165, 1.54) is 12.4 Å². The molecule has 0 aliphatic carbocycles. The number of aryl methyl sites for hydroxylation is 2. The highest BCUT2D eigenvalue weighted by molar-refractivity contribution is 6.10. The highest BCUT2D eigenvalue weighted by Crippen LogP contribution is 2.22. The van der Waals surface area contributed by atoms with Crippen molar-refractivity contribution in [2.75, 3.05) is 45.2 Å². The third kappa shape index (κ3) is 6.21. The van der Waals surface area contributed by atoms with Crippen LogP contribution in [-0.2, 0) is 11.2 Å². The van der Waals surface area contributed by atoms with Crippen molar-refractivity contribution in [1.29, 1.82) is 0 Å². The largest absolute Gasteiger partial charge is 0.404 e. The summed E-state index contributed by atoms with van der Waals surface area (Å²) in [7, 11) is 1.68. The van der Waals surface area contributed by atoms with Gasteiger partial charge in [-0.2, -0.15) is 0 Å². The summed E-state index contributed by atoms with van der Waals surface area (Å²) in [5, 5.41) is 5.92. The Hall–Kier alpha value is -4.09. The van der Waals surface area contributed by atoms with Gasteiger partial charge >= 0.3 is 0 Å². The number of allylic oxidation sites excluding steroid dienone is 1. The van der Waals surface area contributed by atoms with Gasteiger partial charge in [0.15, 0.2) is 0 Å². The number of ether oxygens (including phenoxy) is 1. The number of rotatable bonds is 9. The Morgan fingerprint density at radius 1 is 1.25 bits per heavy atom. The van der Waals surface area contributed by atoms with Crippen molar-refractivity contribution in [3.63, 3.8) is 0 Å². The van der Waals surface area contributed by atoms with Crippen LogP contribution in [0.4, 0.5) is 5.69 Å². The van der Waals surface area contributed by atoms with Crippen molar-refractivity contribution in [2.45, 2.75) is 39.7 Å². The van der Waals surface area contributed by atoms with E-state index in [9.17, 15) is 9.59 Å². The van der Waals surface area contributed by atoms with Crippen molar-refractivity contribution in [3.05, 3.63) is 65.0 Å². The maximum Gasteiger partial charge on any atom is 0.274 e. The van der Waals surface area contributed by atoms with Crippen molar-refractivity contribution < 1.29 is 14.3 Å². The van der Waals surface area contributed by atoms with Crippen molar-refractivity contribution in [2.24, 2.45) is 10.7 Å². The molecule has 4 N–H and O–H groups in total. The lowest BCUT2D eigenvalue weighted by Crippen LogP contribution is -2.54. The molecule has 0 atom stereocenters. The Bertz CT molecular complexity index is 1460. The molecule has 0 bridgehead atoms. The van der Waals surface area contributed by atoms with E-state index in [1.54, 1.807) is 36.8 Å². The molecule has 0 spiro atoms. The van der Waals surface area contributed by atoms with Gasteiger partial charge in [0.1, 0.15) is 11.3 Å². The average Bonchev–Trinajstić information content (AvgIpc) is 3.31. The van der Waals surface area contributed by atoms with Crippen LogP contribution in [0.5, 0.6) is 0 Å².